The number of carboxylic acids is 1. The van der Waals surface area contributed by atoms with Crippen molar-refractivity contribution in [3.63, 3.8) is 0 Å². The number of benzene rings is 1. The molecule has 0 bridgehead atoms. The standard InChI is InChI=1S/C15H16N2O3/c18-15(19)14-13(20-12-8-2-1-3-9-12)10-16-17(14)11-6-4-5-7-11/h1-3,8-11H,4-7H2,(H,18,19). The second-order valence-electron chi connectivity index (χ2n) is 4.96. The molecule has 20 heavy (non-hydrogen) atoms. The van der Waals surface area contributed by atoms with Gasteiger partial charge in [0.05, 0.1) is 12.2 Å². The molecule has 3 rings (SSSR count). The maximum absolute atomic E-state index is 11.5. The molecule has 0 spiro atoms. The summed E-state index contributed by atoms with van der Waals surface area (Å²) in [6.45, 7) is 0. The van der Waals surface area contributed by atoms with Crippen molar-refractivity contribution in [3.8, 4) is 11.5 Å². The zero-order chi connectivity index (χ0) is 13.9. The Labute approximate surface area is 116 Å². The van der Waals surface area contributed by atoms with Crippen LogP contribution in [0.5, 0.6) is 11.5 Å². The molecule has 5 heteroatoms. The zero-order valence-electron chi connectivity index (χ0n) is 11.0. The van der Waals surface area contributed by atoms with Gasteiger partial charge in [0, 0.05) is 0 Å². The van der Waals surface area contributed by atoms with E-state index >= 15 is 0 Å². The van der Waals surface area contributed by atoms with Crippen molar-refractivity contribution in [3.05, 3.63) is 42.2 Å². The van der Waals surface area contributed by atoms with Crippen molar-refractivity contribution < 1.29 is 14.6 Å². The lowest BCUT2D eigenvalue weighted by molar-refractivity contribution is 0.0677. The summed E-state index contributed by atoms with van der Waals surface area (Å²) in [6, 6.07) is 9.33. The van der Waals surface area contributed by atoms with E-state index in [9.17, 15) is 9.90 Å². The fourth-order valence-corrected chi connectivity index (χ4v) is 2.67. The molecule has 1 fully saturated rings. The Bertz CT molecular complexity index is 601. The summed E-state index contributed by atoms with van der Waals surface area (Å²) in [5.41, 5.74) is 0.140. The van der Waals surface area contributed by atoms with Gasteiger partial charge in [-0.3, -0.25) is 4.68 Å². The number of para-hydroxylation sites is 1. The van der Waals surface area contributed by atoms with E-state index in [0.717, 1.165) is 25.7 Å². The van der Waals surface area contributed by atoms with E-state index in [1.807, 2.05) is 18.2 Å². The maximum Gasteiger partial charge on any atom is 0.358 e. The van der Waals surface area contributed by atoms with Crippen LogP contribution in [0.15, 0.2) is 36.5 Å². The lowest BCUT2D eigenvalue weighted by atomic mass is 10.2. The molecule has 0 unspecified atom stereocenters. The predicted octanol–water partition coefficient (Wildman–Crippen LogP) is 3.49. The van der Waals surface area contributed by atoms with Crippen LogP contribution in [0.4, 0.5) is 0 Å². The number of carbonyl (C=O) groups is 1. The molecule has 1 aromatic heterocycles. The highest BCUT2D eigenvalue weighted by Gasteiger charge is 2.26. The fraction of sp³-hybridized carbons (Fsp3) is 0.333. The lowest BCUT2D eigenvalue weighted by Gasteiger charge is -2.12. The van der Waals surface area contributed by atoms with Crippen LogP contribution in [0.3, 0.4) is 0 Å². The first-order chi connectivity index (χ1) is 9.75. The summed E-state index contributed by atoms with van der Waals surface area (Å²) in [4.78, 5) is 11.5. The van der Waals surface area contributed by atoms with E-state index in [1.165, 1.54) is 6.20 Å². The van der Waals surface area contributed by atoms with Gasteiger partial charge in [-0.05, 0) is 25.0 Å². The van der Waals surface area contributed by atoms with E-state index in [-0.39, 0.29) is 11.7 Å². The van der Waals surface area contributed by atoms with E-state index < -0.39 is 5.97 Å². The molecule has 0 amide bonds. The number of carboxylic acid groups (broad SMARTS) is 1. The van der Waals surface area contributed by atoms with Gasteiger partial charge >= 0.3 is 5.97 Å². The van der Waals surface area contributed by atoms with E-state index in [0.29, 0.717) is 11.5 Å². The largest absolute Gasteiger partial charge is 0.476 e. The molecule has 1 N–H and O–H groups in total. The lowest BCUT2D eigenvalue weighted by Crippen LogP contribution is -2.14. The molecule has 1 saturated carbocycles. The number of hydrogen-bond acceptors (Lipinski definition) is 3. The molecule has 104 valence electrons. The molecule has 5 nitrogen and oxygen atoms in total. The van der Waals surface area contributed by atoms with Crippen LogP contribution in [0.25, 0.3) is 0 Å². The predicted molar refractivity (Wildman–Crippen MR) is 73.2 cm³/mol. The summed E-state index contributed by atoms with van der Waals surface area (Å²) >= 11 is 0. The first-order valence-corrected chi connectivity index (χ1v) is 6.79. The summed E-state index contributed by atoms with van der Waals surface area (Å²) in [5, 5.41) is 13.7. The van der Waals surface area contributed by atoms with Gasteiger partial charge in [-0.25, -0.2) is 4.79 Å². The van der Waals surface area contributed by atoms with Crippen molar-refractivity contribution in [2.24, 2.45) is 0 Å². The molecule has 1 aliphatic carbocycles. The SMILES string of the molecule is O=C(O)c1c(Oc2ccccc2)cnn1C1CCCC1. The van der Waals surface area contributed by atoms with Crippen LogP contribution < -0.4 is 4.74 Å². The van der Waals surface area contributed by atoms with Gasteiger partial charge in [-0.15, -0.1) is 0 Å². The van der Waals surface area contributed by atoms with Crippen LogP contribution in [0.1, 0.15) is 42.2 Å². The van der Waals surface area contributed by atoms with E-state index in [1.54, 1.807) is 16.8 Å². The van der Waals surface area contributed by atoms with Crippen LogP contribution >= 0.6 is 0 Å². The van der Waals surface area contributed by atoms with Gasteiger partial charge in [0.1, 0.15) is 5.75 Å². The Morgan fingerprint density at radius 2 is 1.95 bits per heavy atom. The maximum atomic E-state index is 11.5. The van der Waals surface area contributed by atoms with Gasteiger partial charge in [0.2, 0.25) is 0 Å². The number of aromatic carboxylic acids is 1. The molecular formula is C15H16N2O3. The minimum atomic E-state index is -1.000. The topological polar surface area (TPSA) is 64.3 Å². The van der Waals surface area contributed by atoms with E-state index in [2.05, 4.69) is 5.10 Å². The number of aromatic nitrogens is 2. The highest BCUT2D eigenvalue weighted by Crippen LogP contribution is 2.33. The normalized spacial score (nSPS) is 15.4. The van der Waals surface area contributed by atoms with Crippen molar-refractivity contribution in [1.82, 2.24) is 9.78 Å². The fourth-order valence-electron chi connectivity index (χ4n) is 2.67. The van der Waals surface area contributed by atoms with Crippen LogP contribution in [0, 0.1) is 0 Å². The Hall–Kier alpha value is -2.30. The van der Waals surface area contributed by atoms with Gasteiger partial charge in [-0.2, -0.15) is 5.10 Å². The molecule has 0 radical (unpaired) electrons. The van der Waals surface area contributed by atoms with Crippen molar-refractivity contribution in [2.75, 3.05) is 0 Å². The molecule has 1 aromatic carbocycles. The Balaban J connectivity index is 1.93. The highest BCUT2D eigenvalue weighted by molar-refractivity contribution is 5.89. The van der Waals surface area contributed by atoms with Crippen molar-refractivity contribution in [1.29, 1.82) is 0 Å². The van der Waals surface area contributed by atoms with Gasteiger partial charge in [0.15, 0.2) is 11.4 Å². The third-order valence-electron chi connectivity index (χ3n) is 3.61. The number of rotatable bonds is 4. The minimum Gasteiger partial charge on any atom is -0.476 e. The second kappa shape index (κ2) is 5.36. The summed E-state index contributed by atoms with van der Waals surface area (Å²) in [7, 11) is 0. The van der Waals surface area contributed by atoms with Gasteiger partial charge in [-0.1, -0.05) is 31.0 Å². The van der Waals surface area contributed by atoms with Crippen molar-refractivity contribution in [2.45, 2.75) is 31.7 Å². The summed E-state index contributed by atoms with van der Waals surface area (Å²) in [6.07, 6.45) is 5.70. The van der Waals surface area contributed by atoms with Crippen molar-refractivity contribution >= 4 is 5.97 Å². The molecule has 1 heterocycles. The first kappa shape index (κ1) is 12.7. The average molecular weight is 272 g/mol. The van der Waals surface area contributed by atoms with Gasteiger partial charge < -0.3 is 9.84 Å². The average Bonchev–Trinajstić information content (AvgIpc) is 3.08. The van der Waals surface area contributed by atoms with Crippen LogP contribution in [-0.2, 0) is 0 Å². The smallest absolute Gasteiger partial charge is 0.358 e. The summed E-state index contributed by atoms with van der Waals surface area (Å²) in [5.74, 6) is -0.0862. The Morgan fingerprint density at radius 1 is 1.25 bits per heavy atom. The monoisotopic (exact) mass is 272 g/mol. The second-order valence-corrected chi connectivity index (χ2v) is 4.96. The van der Waals surface area contributed by atoms with Gasteiger partial charge in [0.25, 0.3) is 0 Å². The molecule has 0 atom stereocenters. The molecule has 0 aliphatic heterocycles. The van der Waals surface area contributed by atoms with E-state index in [4.69, 9.17) is 4.74 Å². The Morgan fingerprint density at radius 3 is 2.60 bits per heavy atom. The first-order valence-electron chi connectivity index (χ1n) is 6.79. The molecule has 0 saturated heterocycles. The quantitative estimate of drug-likeness (QED) is 0.925. The number of nitrogens with zero attached hydrogens (tertiary/aromatic N) is 2. The third-order valence-corrected chi connectivity index (χ3v) is 3.61. The molecule has 2 aromatic rings. The molecular weight excluding hydrogens is 256 g/mol. The zero-order valence-corrected chi connectivity index (χ0v) is 11.0. The van der Waals surface area contributed by atoms with Crippen LogP contribution in [-0.4, -0.2) is 20.9 Å². The number of ether oxygens (including phenoxy) is 1. The van der Waals surface area contributed by atoms with Crippen LogP contribution in [0.2, 0.25) is 0 Å². The Kier molecular flexibility index (Phi) is 3.41. The summed E-state index contributed by atoms with van der Waals surface area (Å²) < 4.78 is 7.25. The highest BCUT2D eigenvalue weighted by atomic mass is 16.5. The third kappa shape index (κ3) is 2.39. The minimum absolute atomic E-state index is 0.140. The molecule has 1 aliphatic rings. The number of hydrogen-bond donors (Lipinski definition) is 1.